The fraction of sp³-hybridized carbons (Fsp3) is 0.350. The number of carbonyl (C=O) groups excluding carboxylic acids is 1. The van der Waals surface area contributed by atoms with Gasteiger partial charge in [-0.2, -0.15) is 4.31 Å². The van der Waals surface area contributed by atoms with Gasteiger partial charge in [-0.1, -0.05) is 12.1 Å². The number of aryl methyl sites for hydroxylation is 2. The molecule has 0 aliphatic carbocycles. The first kappa shape index (κ1) is 21.4. The summed E-state index contributed by atoms with van der Waals surface area (Å²) in [4.78, 5) is 14.3. The highest BCUT2D eigenvalue weighted by Crippen LogP contribution is 2.22. The first-order chi connectivity index (χ1) is 13.7. The van der Waals surface area contributed by atoms with Crippen LogP contribution in [-0.2, 0) is 14.8 Å². The summed E-state index contributed by atoms with van der Waals surface area (Å²) in [5, 5.41) is 2.52. The maximum Gasteiger partial charge on any atom is 0.243 e. The molecule has 0 bridgehead atoms. The van der Waals surface area contributed by atoms with Crippen molar-refractivity contribution in [2.75, 3.05) is 38.0 Å². The lowest BCUT2D eigenvalue weighted by molar-refractivity contribution is -0.117. The van der Waals surface area contributed by atoms with Crippen LogP contribution in [0, 0.1) is 25.5 Å². The SMILES string of the molecule is Cc1ccc(C)c(S(=O)(=O)N2CCN(CC(=O)Nc3ccc(F)c(F)c3)CC2)c1. The van der Waals surface area contributed by atoms with Gasteiger partial charge in [-0.05, 0) is 43.2 Å². The topological polar surface area (TPSA) is 69.7 Å². The molecule has 1 aliphatic rings. The van der Waals surface area contributed by atoms with E-state index in [1.165, 1.54) is 10.4 Å². The van der Waals surface area contributed by atoms with Gasteiger partial charge in [0, 0.05) is 37.9 Å². The summed E-state index contributed by atoms with van der Waals surface area (Å²) in [5.41, 5.74) is 1.75. The van der Waals surface area contributed by atoms with Crippen LogP contribution in [0.15, 0.2) is 41.3 Å². The molecule has 1 amide bonds. The molecule has 3 rings (SSSR count). The predicted molar refractivity (Wildman–Crippen MR) is 106 cm³/mol. The van der Waals surface area contributed by atoms with Crippen molar-refractivity contribution in [2.24, 2.45) is 0 Å². The van der Waals surface area contributed by atoms with Gasteiger partial charge < -0.3 is 5.32 Å². The lowest BCUT2D eigenvalue weighted by atomic mass is 10.2. The molecular weight excluding hydrogens is 400 g/mol. The summed E-state index contributed by atoms with van der Waals surface area (Å²) in [6, 6.07) is 8.49. The van der Waals surface area contributed by atoms with Crippen LogP contribution in [0.3, 0.4) is 0 Å². The lowest BCUT2D eigenvalue weighted by Crippen LogP contribution is -2.50. The minimum atomic E-state index is -3.60. The maximum atomic E-state index is 13.2. The van der Waals surface area contributed by atoms with E-state index in [1.807, 2.05) is 17.9 Å². The van der Waals surface area contributed by atoms with Crippen LogP contribution >= 0.6 is 0 Å². The fourth-order valence-electron chi connectivity index (χ4n) is 3.23. The van der Waals surface area contributed by atoms with Gasteiger partial charge in [0.05, 0.1) is 11.4 Å². The van der Waals surface area contributed by atoms with Crippen molar-refractivity contribution >= 4 is 21.6 Å². The summed E-state index contributed by atoms with van der Waals surface area (Å²) in [6.45, 7) is 5.00. The Morgan fingerprint density at radius 3 is 2.34 bits per heavy atom. The van der Waals surface area contributed by atoms with Crippen molar-refractivity contribution in [3.05, 3.63) is 59.2 Å². The normalized spacial score (nSPS) is 16.0. The molecule has 1 aliphatic heterocycles. The van der Waals surface area contributed by atoms with Crippen molar-refractivity contribution in [1.29, 1.82) is 0 Å². The molecule has 2 aromatic carbocycles. The maximum absolute atomic E-state index is 13.2. The third-order valence-electron chi connectivity index (χ3n) is 4.86. The molecule has 0 atom stereocenters. The molecule has 9 heteroatoms. The van der Waals surface area contributed by atoms with E-state index in [2.05, 4.69) is 5.32 Å². The average Bonchev–Trinajstić information content (AvgIpc) is 2.67. The Morgan fingerprint density at radius 1 is 1.00 bits per heavy atom. The van der Waals surface area contributed by atoms with E-state index in [9.17, 15) is 22.0 Å². The third kappa shape index (κ3) is 4.98. The number of piperazine rings is 1. The molecule has 156 valence electrons. The van der Waals surface area contributed by atoms with Crippen molar-refractivity contribution in [1.82, 2.24) is 9.21 Å². The Kier molecular flexibility index (Phi) is 6.30. The fourth-order valence-corrected chi connectivity index (χ4v) is 4.96. The molecule has 1 fully saturated rings. The van der Waals surface area contributed by atoms with Crippen LogP contribution < -0.4 is 5.32 Å². The largest absolute Gasteiger partial charge is 0.325 e. The summed E-state index contributed by atoms with van der Waals surface area (Å²) >= 11 is 0. The predicted octanol–water partition coefficient (Wildman–Crippen LogP) is 2.53. The molecule has 1 saturated heterocycles. The Labute approximate surface area is 169 Å². The van der Waals surface area contributed by atoms with Gasteiger partial charge in [0.1, 0.15) is 0 Å². The second-order valence-corrected chi connectivity index (χ2v) is 9.03. The Balaban J connectivity index is 1.58. The Hall–Kier alpha value is -2.36. The van der Waals surface area contributed by atoms with Crippen molar-refractivity contribution < 1.29 is 22.0 Å². The number of hydrogen-bond acceptors (Lipinski definition) is 4. The highest BCUT2D eigenvalue weighted by molar-refractivity contribution is 7.89. The van der Waals surface area contributed by atoms with Gasteiger partial charge in [0.25, 0.3) is 0 Å². The van der Waals surface area contributed by atoms with E-state index < -0.39 is 21.7 Å². The van der Waals surface area contributed by atoms with Crippen LogP contribution in [0.25, 0.3) is 0 Å². The molecule has 1 heterocycles. The molecule has 0 aromatic heterocycles. The Bertz CT molecular complexity index is 1020. The molecule has 1 N–H and O–H groups in total. The molecule has 6 nitrogen and oxygen atoms in total. The number of sulfonamides is 1. The zero-order chi connectivity index (χ0) is 21.2. The number of hydrogen-bond donors (Lipinski definition) is 1. The first-order valence-electron chi connectivity index (χ1n) is 9.21. The number of anilines is 1. The summed E-state index contributed by atoms with van der Waals surface area (Å²) < 4.78 is 53.5. The third-order valence-corrected chi connectivity index (χ3v) is 6.90. The van der Waals surface area contributed by atoms with Crippen molar-refractivity contribution in [3.63, 3.8) is 0 Å². The van der Waals surface area contributed by atoms with E-state index in [0.717, 1.165) is 17.7 Å². The number of nitrogens with zero attached hydrogens (tertiary/aromatic N) is 2. The number of amides is 1. The molecule has 2 aromatic rings. The van der Waals surface area contributed by atoms with Crippen LogP contribution in [0.5, 0.6) is 0 Å². The van der Waals surface area contributed by atoms with E-state index in [-0.39, 0.29) is 31.2 Å². The summed E-state index contributed by atoms with van der Waals surface area (Å²) in [6.07, 6.45) is 0. The van der Waals surface area contributed by atoms with E-state index in [4.69, 9.17) is 0 Å². The highest BCUT2D eigenvalue weighted by Gasteiger charge is 2.30. The number of carbonyl (C=O) groups is 1. The van der Waals surface area contributed by atoms with Gasteiger partial charge in [-0.3, -0.25) is 9.69 Å². The minimum absolute atomic E-state index is 0.0381. The summed E-state index contributed by atoms with van der Waals surface area (Å²) in [7, 11) is -3.60. The number of nitrogens with one attached hydrogen (secondary N) is 1. The number of rotatable bonds is 5. The van der Waals surface area contributed by atoms with Gasteiger partial charge in [0.2, 0.25) is 15.9 Å². The molecule has 29 heavy (non-hydrogen) atoms. The van der Waals surface area contributed by atoms with Gasteiger partial charge in [-0.15, -0.1) is 0 Å². The second-order valence-electron chi connectivity index (χ2n) is 7.13. The van der Waals surface area contributed by atoms with Crippen LogP contribution in [0.4, 0.5) is 14.5 Å². The van der Waals surface area contributed by atoms with Crippen LogP contribution in [-0.4, -0.2) is 56.3 Å². The van der Waals surface area contributed by atoms with Gasteiger partial charge in [0.15, 0.2) is 11.6 Å². The van der Waals surface area contributed by atoms with E-state index >= 15 is 0 Å². The second kappa shape index (κ2) is 8.56. The molecule has 0 unspecified atom stereocenters. The molecule has 0 radical (unpaired) electrons. The van der Waals surface area contributed by atoms with Crippen molar-refractivity contribution in [2.45, 2.75) is 18.7 Å². The first-order valence-corrected chi connectivity index (χ1v) is 10.7. The van der Waals surface area contributed by atoms with E-state index in [1.54, 1.807) is 19.1 Å². The zero-order valence-electron chi connectivity index (χ0n) is 16.3. The van der Waals surface area contributed by atoms with Crippen LogP contribution in [0.1, 0.15) is 11.1 Å². The highest BCUT2D eigenvalue weighted by atomic mass is 32.2. The Morgan fingerprint density at radius 2 is 1.69 bits per heavy atom. The number of halogens is 2. The molecular formula is C20H23F2N3O3S. The van der Waals surface area contributed by atoms with Crippen LogP contribution in [0.2, 0.25) is 0 Å². The molecule has 0 saturated carbocycles. The standard InChI is InChI=1S/C20H23F2N3O3S/c1-14-3-4-15(2)19(11-14)29(27,28)25-9-7-24(8-10-25)13-20(26)23-16-5-6-17(21)18(22)12-16/h3-6,11-12H,7-10,13H2,1-2H3,(H,23,26). The summed E-state index contributed by atoms with van der Waals surface area (Å²) in [5.74, 6) is -2.39. The van der Waals surface area contributed by atoms with Gasteiger partial charge >= 0.3 is 0 Å². The number of benzene rings is 2. The zero-order valence-corrected chi connectivity index (χ0v) is 17.1. The minimum Gasteiger partial charge on any atom is -0.325 e. The van der Waals surface area contributed by atoms with E-state index in [0.29, 0.717) is 23.5 Å². The quantitative estimate of drug-likeness (QED) is 0.803. The van der Waals surface area contributed by atoms with Gasteiger partial charge in [-0.25, -0.2) is 17.2 Å². The average molecular weight is 423 g/mol. The van der Waals surface area contributed by atoms with Crippen molar-refractivity contribution in [3.8, 4) is 0 Å². The molecule has 0 spiro atoms. The monoisotopic (exact) mass is 423 g/mol. The lowest BCUT2D eigenvalue weighted by Gasteiger charge is -2.33. The smallest absolute Gasteiger partial charge is 0.243 e.